The van der Waals surface area contributed by atoms with Crippen LogP contribution in [0.3, 0.4) is 0 Å². The minimum atomic E-state index is -0.0519. The fourth-order valence-electron chi connectivity index (χ4n) is 2.16. The number of nitrogens with two attached hydrogens (primary N) is 1. The molecule has 2 heterocycles. The number of nitrogen functional groups attached to an aromatic ring is 1. The number of nitrogens with one attached hydrogen (secondary N) is 1. The number of rotatable bonds is 4. The summed E-state index contributed by atoms with van der Waals surface area (Å²) in [5, 5.41) is 6.43. The van der Waals surface area contributed by atoms with E-state index < -0.39 is 0 Å². The quantitative estimate of drug-likeness (QED) is 0.838. The van der Waals surface area contributed by atoms with Crippen LogP contribution in [-0.2, 0) is 4.74 Å². The van der Waals surface area contributed by atoms with Gasteiger partial charge in [0.2, 0.25) is 0 Å². The number of hydrogen-bond donors (Lipinski definition) is 2. The van der Waals surface area contributed by atoms with Gasteiger partial charge in [-0.3, -0.25) is 9.89 Å². The third-order valence-electron chi connectivity index (χ3n) is 3.05. The molecule has 0 spiro atoms. The van der Waals surface area contributed by atoms with Crippen LogP contribution in [0.2, 0.25) is 0 Å². The zero-order valence-electron chi connectivity index (χ0n) is 10.7. The average molecular weight is 252 g/mol. The molecule has 1 amide bonds. The summed E-state index contributed by atoms with van der Waals surface area (Å²) >= 11 is 0. The van der Waals surface area contributed by atoms with E-state index >= 15 is 0 Å². The highest BCUT2D eigenvalue weighted by atomic mass is 16.5. The molecule has 1 atom stereocenters. The van der Waals surface area contributed by atoms with E-state index in [4.69, 9.17) is 10.5 Å². The van der Waals surface area contributed by atoms with E-state index in [-0.39, 0.29) is 12.0 Å². The maximum absolute atomic E-state index is 12.2. The summed E-state index contributed by atoms with van der Waals surface area (Å²) in [7, 11) is 0. The largest absolute Gasteiger partial charge is 0.382 e. The Hall–Kier alpha value is -1.56. The van der Waals surface area contributed by atoms with Crippen LogP contribution in [-0.4, -0.2) is 46.8 Å². The van der Waals surface area contributed by atoms with Gasteiger partial charge < -0.3 is 15.4 Å². The normalized spacial score (nSPS) is 20.1. The van der Waals surface area contributed by atoms with Gasteiger partial charge in [-0.25, -0.2) is 0 Å². The first-order chi connectivity index (χ1) is 8.70. The molecule has 18 heavy (non-hydrogen) atoms. The predicted octanol–water partition coefficient (Wildman–Crippen LogP) is 1.02. The summed E-state index contributed by atoms with van der Waals surface area (Å²) in [6, 6.07) is 1.57. The van der Waals surface area contributed by atoms with E-state index in [2.05, 4.69) is 17.1 Å². The Morgan fingerprint density at radius 3 is 3.22 bits per heavy atom. The van der Waals surface area contributed by atoms with Gasteiger partial charge in [0.1, 0.15) is 11.5 Å². The average Bonchev–Trinajstić information content (AvgIpc) is 2.82. The summed E-state index contributed by atoms with van der Waals surface area (Å²) in [6.07, 6.45) is 3.16. The van der Waals surface area contributed by atoms with Crippen molar-refractivity contribution in [2.45, 2.75) is 32.3 Å². The third kappa shape index (κ3) is 3.01. The Morgan fingerprint density at radius 2 is 2.56 bits per heavy atom. The second-order valence-electron chi connectivity index (χ2n) is 4.59. The zero-order valence-corrected chi connectivity index (χ0v) is 10.7. The standard InChI is InChI=1S/C12H20N4O2/c1-2-6-18-9-4-3-5-16(8-9)12(17)10-7-11(13)15-14-10/h7,9H,2-6,8H2,1H3,(H3,13,14,15). The molecule has 2 rings (SSSR count). The van der Waals surface area contributed by atoms with Crippen LogP contribution in [0, 0.1) is 0 Å². The number of H-pyrrole nitrogens is 1. The first kappa shape index (κ1) is 12.9. The summed E-state index contributed by atoms with van der Waals surface area (Å²) in [4.78, 5) is 14.0. The number of aromatic nitrogens is 2. The summed E-state index contributed by atoms with van der Waals surface area (Å²) in [5.41, 5.74) is 5.95. The van der Waals surface area contributed by atoms with E-state index in [1.165, 1.54) is 0 Å². The van der Waals surface area contributed by atoms with Crippen LogP contribution in [0.4, 0.5) is 5.82 Å². The van der Waals surface area contributed by atoms with Crippen molar-refractivity contribution < 1.29 is 9.53 Å². The smallest absolute Gasteiger partial charge is 0.272 e. The fraction of sp³-hybridized carbons (Fsp3) is 0.667. The van der Waals surface area contributed by atoms with Gasteiger partial charge in [0.25, 0.3) is 5.91 Å². The lowest BCUT2D eigenvalue weighted by molar-refractivity contribution is 0.00192. The van der Waals surface area contributed by atoms with E-state index in [1.807, 2.05) is 0 Å². The number of piperidine rings is 1. The Balaban J connectivity index is 1.94. The van der Waals surface area contributed by atoms with E-state index in [0.29, 0.717) is 18.1 Å². The molecule has 1 unspecified atom stereocenters. The minimum absolute atomic E-state index is 0.0519. The highest BCUT2D eigenvalue weighted by molar-refractivity contribution is 5.93. The third-order valence-corrected chi connectivity index (χ3v) is 3.05. The first-order valence-electron chi connectivity index (χ1n) is 6.42. The Kier molecular flexibility index (Phi) is 4.19. The Morgan fingerprint density at radius 1 is 1.72 bits per heavy atom. The lowest BCUT2D eigenvalue weighted by Gasteiger charge is -2.32. The van der Waals surface area contributed by atoms with Crippen molar-refractivity contribution in [2.75, 3.05) is 25.4 Å². The van der Waals surface area contributed by atoms with Crippen LogP contribution in [0.5, 0.6) is 0 Å². The van der Waals surface area contributed by atoms with Gasteiger partial charge in [-0.2, -0.15) is 5.10 Å². The van der Waals surface area contributed by atoms with Crippen molar-refractivity contribution in [3.05, 3.63) is 11.8 Å². The number of carbonyl (C=O) groups is 1. The molecule has 0 bridgehead atoms. The van der Waals surface area contributed by atoms with Crippen molar-refractivity contribution in [3.8, 4) is 0 Å². The van der Waals surface area contributed by atoms with Crippen LogP contribution in [0.1, 0.15) is 36.7 Å². The molecular weight excluding hydrogens is 232 g/mol. The number of carbonyl (C=O) groups excluding carboxylic acids is 1. The van der Waals surface area contributed by atoms with Gasteiger partial charge in [0, 0.05) is 25.8 Å². The van der Waals surface area contributed by atoms with E-state index in [0.717, 1.165) is 32.4 Å². The van der Waals surface area contributed by atoms with Gasteiger partial charge in [0.15, 0.2) is 0 Å². The molecule has 1 aromatic rings. The molecule has 1 fully saturated rings. The number of amides is 1. The highest BCUT2D eigenvalue weighted by Crippen LogP contribution is 2.16. The molecule has 3 N–H and O–H groups in total. The van der Waals surface area contributed by atoms with Crippen molar-refractivity contribution in [3.63, 3.8) is 0 Å². The molecular formula is C12H20N4O2. The molecule has 100 valence electrons. The SMILES string of the molecule is CCCOC1CCCN(C(=O)c2cc(N)n[nH]2)C1. The summed E-state index contributed by atoms with van der Waals surface area (Å²) in [5.74, 6) is 0.290. The zero-order chi connectivity index (χ0) is 13.0. The molecule has 1 saturated heterocycles. The lowest BCUT2D eigenvalue weighted by atomic mass is 10.1. The predicted molar refractivity (Wildman–Crippen MR) is 68.2 cm³/mol. The number of anilines is 1. The molecule has 6 heteroatoms. The van der Waals surface area contributed by atoms with Crippen LogP contribution in [0.25, 0.3) is 0 Å². The minimum Gasteiger partial charge on any atom is -0.382 e. The number of ether oxygens (including phenoxy) is 1. The molecule has 0 aromatic carbocycles. The van der Waals surface area contributed by atoms with E-state index in [1.54, 1.807) is 11.0 Å². The molecule has 1 aliphatic heterocycles. The topological polar surface area (TPSA) is 84.2 Å². The van der Waals surface area contributed by atoms with E-state index in [9.17, 15) is 4.79 Å². The molecule has 1 aliphatic rings. The van der Waals surface area contributed by atoms with Gasteiger partial charge in [-0.15, -0.1) is 0 Å². The number of nitrogens with zero attached hydrogens (tertiary/aromatic N) is 2. The number of aromatic amines is 1. The molecule has 0 radical (unpaired) electrons. The van der Waals surface area contributed by atoms with Crippen molar-refractivity contribution >= 4 is 11.7 Å². The molecule has 0 saturated carbocycles. The molecule has 6 nitrogen and oxygen atoms in total. The Labute approximate surface area is 106 Å². The van der Waals surface area contributed by atoms with Crippen molar-refractivity contribution in [2.24, 2.45) is 0 Å². The highest BCUT2D eigenvalue weighted by Gasteiger charge is 2.25. The van der Waals surface area contributed by atoms with Crippen LogP contribution in [0.15, 0.2) is 6.07 Å². The number of hydrogen-bond acceptors (Lipinski definition) is 4. The van der Waals surface area contributed by atoms with Gasteiger partial charge in [-0.1, -0.05) is 6.92 Å². The summed E-state index contributed by atoms with van der Waals surface area (Å²) < 4.78 is 5.71. The van der Waals surface area contributed by atoms with Crippen LogP contribution >= 0.6 is 0 Å². The molecule has 0 aliphatic carbocycles. The second-order valence-corrected chi connectivity index (χ2v) is 4.59. The van der Waals surface area contributed by atoms with Crippen LogP contribution < -0.4 is 5.73 Å². The van der Waals surface area contributed by atoms with Gasteiger partial charge in [-0.05, 0) is 19.3 Å². The maximum Gasteiger partial charge on any atom is 0.272 e. The fourth-order valence-corrected chi connectivity index (χ4v) is 2.16. The number of likely N-dealkylation sites (tertiary alicyclic amines) is 1. The summed E-state index contributed by atoms with van der Waals surface area (Å²) in [6.45, 7) is 4.25. The van der Waals surface area contributed by atoms with Crippen molar-refractivity contribution in [1.29, 1.82) is 0 Å². The maximum atomic E-state index is 12.2. The molecule has 1 aromatic heterocycles. The Bertz CT molecular complexity index is 405. The van der Waals surface area contributed by atoms with Gasteiger partial charge >= 0.3 is 0 Å². The lowest BCUT2D eigenvalue weighted by Crippen LogP contribution is -2.43. The monoisotopic (exact) mass is 252 g/mol. The first-order valence-corrected chi connectivity index (χ1v) is 6.42. The van der Waals surface area contributed by atoms with Gasteiger partial charge in [0.05, 0.1) is 6.10 Å². The van der Waals surface area contributed by atoms with Crippen molar-refractivity contribution in [1.82, 2.24) is 15.1 Å². The second kappa shape index (κ2) is 5.86.